The molecule has 1 fully saturated rings. The molecule has 0 aliphatic heterocycles. The van der Waals surface area contributed by atoms with Crippen molar-refractivity contribution in [3.63, 3.8) is 0 Å². The second-order valence-corrected chi connectivity index (χ2v) is 4.94. The van der Waals surface area contributed by atoms with E-state index in [0.29, 0.717) is 0 Å². The zero-order valence-corrected chi connectivity index (χ0v) is 10.2. The molecule has 0 unspecified atom stereocenters. The number of nitrogens with one attached hydrogen (secondary N) is 1. The van der Waals surface area contributed by atoms with E-state index < -0.39 is 0 Å². The van der Waals surface area contributed by atoms with Crippen molar-refractivity contribution in [1.82, 2.24) is 10.3 Å². The average Bonchev–Trinajstić information content (AvgIpc) is 2.33. The average molecular weight is 218 g/mol. The second kappa shape index (κ2) is 6.00. The molecule has 16 heavy (non-hydrogen) atoms. The molecular weight excluding hydrogens is 196 g/mol. The number of pyridine rings is 1. The summed E-state index contributed by atoms with van der Waals surface area (Å²) < 4.78 is 0. The zero-order chi connectivity index (χ0) is 11.2. The van der Waals surface area contributed by atoms with Crippen LogP contribution in [0, 0.1) is 12.8 Å². The minimum absolute atomic E-state index is 0.908. The first-order valence-corrected chi connectivity index (χ1v) is 6.46. The highest BCUT2D eigenvalue weighted by molar-refractivity contribution is 5.20. The van der Waals surface area contributed by atoms with Crippen LogP contribution in [-0.2, 0) is 6.54 Å². The Kier molecular flexibility index (Phi) is 4.34. The number of hydrogen-bond donors (Lipinski definition) is 1. The molecule has 1 N–H and O–H groups in total. The molecular formula is C14H22N2. The molecule has 0 bridgehead atoms. The molecule has 0 spiro atoms. The van der Waals surface area contributed by atoms with Crippen LogP contribution >= 0.6 is 0 Å². The number of aryl methyl sites for hydroxylation is 1. The second-order valence-electron chi connectivity index (χ2n) is 4.94. The van der Waals surface area contributed by atoms with E-state index in [1.54, 1.807) is 0 Å². The van der Waals surface area contributed by atoms with Gasteiger partial charge in [-0.05, 0) is 49.4 Å². The molecule has 2 rings (SSSR count). The molecule has 0 atom stereocenters. The molecule has 88 valence electrons. The Balaban J connectivity index is 1.73. The van der Waals surface area contributed by atoms with Crippen LogP contribution in [0.2, 0.25) is 0 Å². The van der Waals surface area contributed by atoms with Gasteiger partial charge in [-0.25, -0.2) is 0 Å². The Morgan fingerprint density at radius 3 is 2.88 bits per heavy atom. The van der Waals surface area contributed by atoms with Crippen molar-refractivity contribution in [2.24, 2.45) is 5.92 Å². The van der Waals surface area contributed by atoms with Gasteiger partial charge in [0.1, 0.15) is 0 Å². The summed E-state index contributed by atoms with van der Waals surface area (Å²) in [6.07, 6.45) is 11.0. The highest BCUT2D eigenvalue weighted by atomic mass is 14.9. The van der Waals surface area contributed by atoms with Crippen molar-refractivity contribution >= 4 is 0 Å². The van der Waals surface area contributed by atoms with Crippen LogP contribution in [0.1, 0.15) is 43.2 Å². The lowest BCUT2D eigenvalue weighted by Crippen LogP contribution is -2.24. The maximum absolute atomic E-state index is 4.17. The van der Waals surface area contributed by atoms with Crippen molar-refractivity contribution in [2.75, 3.05) is 6.54 Å². The third-order valence-corrected chi connectivity index (χ3v) is 3.62. The first kappa shape index (κ1) is 11.6. The van der Waals surface area contributed by atoms with Crippen LogP contribution in [0.4, 0.5) is 0 Å². The van der Waals surface area contributed by atoms with Gasteiger partial charge in [-0.15, -0.1) is 0 Å². The lowest BCUT2D eigenvalue weighted by atomic mass is 9.89. The van der Waals surface area contributed by atoms with Gasteiger partial charge in [0.25, 0.3) is 0 Å². The van der Waals surface area contributed by atoms with Crippen molar-refractivity contribution < 1.29 is 0 Å². The van der Waals surface area contributed by atoms with Crippen LogP contribution in [-0.4, -0.2) is 11.5 Å². The molecule has 2 nitrogen and oxygen atoms in total. The molecule has 1 heterocycles. The molecule has 1 aromatic rings. The number of rotatable bonds is 4. The first-order chi connectivity index (χ1) is 7.86. The van der Waals surface area contributed by atoms with Gasteiger partial charge in [0, 0.05) is 18.9 Å². The Morgan fingerprint density at radius 2 is 2.12 bits per heavy atom. The van der Waals surface area contributed by atoms with Crippen LogP contribution in [0.3, 0.4) is 0 Å². The fourth-order valence-electron chi connectivity index (χ4n) is 2.48. The lowest BCUT2D eigenvalue weighted by molar-refractivity contribution is 0.342. The minimum Gasteiger partial charge on any atom is -0.312 e. The van der Waals surface area contributed by atoms with Gasteiger partial charge in [-0.3, -0.25) is 4.98 Å². The van der Waals surface area contributed by atoms with Crippen LogP contribution in [0.15, 0.2) is 18.5 Å². The summed E-state index contributed by atoms with van der Waals surface area (Å²) in [6, 6.07) is 2.08. The first-order valence-electron chi connectivity index (χ1n) is 6.46. The van der Waals surface area contributed by atoms with E-state index in [1.807, 2.05) is 12.4 Å². The van der Waals surface area contributed by atoms with E-state index >= 15 is 0 Å². The van der Waals surface area contributed by atoms with Crippen molar-refractivity contribution in [3.8, 4) is 0 Å². The largest absolute Gasteiger partial charge is 0.312 e. The molecule has 0 radical (unpaired) electrons. The molecule has 0 amide bonds. The Labute approximate surface area is 98.5 Å². The summed E-state index contributed by atoms with van der Waals surface area (Å²) >= 11 is 0. The maximum atomic E-state index is 4.17. The number of aromatic nitrogens is 1. The third-order valence-electron chi connectivity index (χ3n) is 3.62. The van der Waals surface area contributed by atoms with Gasteiger partial charge >= 0.3 is 0 Å². The normalized spacial score (nSPS) is 17.6. The van der Waals surface area contributed by atoms with E-state index in [2.05, 4.69) is 23.3 Å². The quantitative estimate of drug-likeness (QED) is 0.840. The van der Waals surface area contributed by atoms with Gasteiger partial charge in [0.2, 0.25) is 0 Å². The van der Waals surface area contributed by atoms with Crippen LogP contribution < -0.4 is 5.32 Å². The fourth-order valence-corrected chi connectivity index (χ4v) is 2.48. The highest BCUT2D eigenvalue weighted by Gasteiger charge is 2.12. The molecule has 0 saturated heterocycles. The Bertz CT molecular complexity index is 316. The van der Waals surface area contributed by atoms with E-state index in [-0.39, 0.29) is 0 Å². The van der Waals surface area contributed by atoms with Gasteiger partial charge in [-0.2, -0.15) is 0 Å². The summed E-state index contributed by atoms with van der Waals surface area (Å²) in [6.45, 7) is 4.30. The van der Waals surface area contributed by atoms with E-state index in [9.17, 15) is 0 Å². The van der Waals surface area contributed by atoms with E-state index in [0.717, 1.165) is 12.5 Å². The summed E-state index contributed by atoms with van der Waals surface area (Å²) in [5.74, 6) is 0.908. The Morgan fingerprint density at radius 1 is 1.31 bits per heavy atom. The number of hydrogen-bond acceptors (Lipinski definition) is 2. The summed E-state index contributed by atoms with van der Waals surface area (Å²) in [5.41, 5.74) is 2.67. The molecule has 1 aliphatic rings. The highest BCUT2D eigenvalue weighted by Crippen LogP contribution is 2.22. The standard InChI is InChI=1S/C14H22N2/c1-12-7-8-15-10-14(12)11-16-9-13-5-3-2-4-6-13/h7-8,10,13,16H,2-6,9,11H2,1H3. The number of nitrogens with zero attached hydrogens (tertiary/aromatic N) is 1. The zero-order valence-electron chi connectivity index (χ0n) is 10.2. The lowest BCUT2D eigenvalue weighted by Gasteiger charge is -2.21. The SMILES string of the molecule is Cc1ccncc1CNCC1CCCCC1. The van der Waals surface area contributed by atoms with Crippen molar-refractivity contribution in [2.45, 2.75) is 45.6 Å². The smallest absolute Gasteiger partial charge is 0.0315 e. The summed E-state index contributed by atoms with van der Waals surface area (Å²) in [7, 11) is 0. The molecule has 0 aromatic carbocycles. The molecule has 1 aromatic heterocycles. The minimum atomic E-state index is 0.908. The van der Waals surface area contributed by atoms with Gasteiger partial charge < -0.3 is 5.32 Å². The predicted molar refractivity (Wildman–Crippen MR) is 67.3 cm³/mol. The van der Waals surface area contributed by atoms with Crippen molar-refractivity contribution in [1.29, 1.82) is 0 Å². The topological polar surface area (TPSA) is 24.9 Å². The van der Waals surface area contributed by atoms with Crippen LogP contribution in [0.25, 0.3) is 0 Å². The van der Waals surface area contributed by atoms with Gasteiger partial charge in [0.05, 0.1) is 0 Å². The maximum Gasteiger partial charge on any atom is 0.0315 e. The predicted octanol–water partition coefficient (Wildman–Crippen LogP) is 3.06. The molecule has 1 aliphatic carbocycles. The van der Waals surface area contributed by atoms with Gasteiger partial charge in [-0.1, -0.05) is 19.3 Å². The molecule has 2 heteroatoms. The van der Waals surface area contributed by atoms with Gasteiger partial charge in [0.15, 0.2) is 0 Å². The Hall–Kier alpha value is -0.890. The molecule has 1 saturated carbocycles. The fraction of sp³-hybridized carbons (Fsp3) is 0.643. The van der Waals surface area contributed by atoms with E-state index in [4.69, 9.17) is 0 Å². The summed E-state index contributed by atoms with van der Waals surface area (Å²) in [5, 5.41) is 3.57. The summed E-state index contributed by atoms with van der Waals surface area (Å²) in [4.78, 5) is 4.17. The van der Waals surface area contributed by atoms with Crippen molar-refractivity contribution in [3.05, 3.63) is 29.6 Å². The van der Waals surface area contributed by atoms with Crippen LogP contribution in [0.5, 0.6) is 0 Å². The van der Waals surface area contributed by atoms with E-state index in [1.165, 1.54) is 49.8 Å². The monoisotopic (exact) mass is 218 g/mol. The third kappa shape index (κ3) is 3.31.